The Bertz CT molecular complexity index is 1180. The molecule has 2 N–H and O–H groups in total. The van der Waals surface area contributed by atoms with Gasteiger partial charge in [-0.2, -0.15) is 4.31 Å². The first-order valence-electron chi connectivity index (χ1n) is 11.1. The number of nitrogens with one attached hydrogen (secondary N) is 2. The fourth-order valence-electron chi connectivity index (χ4n) is 4.04. The third kappa shape index (κ3) is 5.87. The van der Waals surface area contributed by atoms with Gasteiger partial charge in [-0.1, -0.05) is 31.0 Å². The van der Waals surface area contributed by atoms with Crippen molar-refractivity contribution in [2.75, 3.05) is 42.9 Å². The third-order valence-corrected chi connectivity index (χ3v) is 9.13. The van der Waals surface area contributed by atoms with Crippen LogP contribution in [0.2, 0.25) is 0 Å². The van der Waals surface area contributed by atoms with Crippen molar-refractivity contribution in [1.29, 1.82) is 0 Å². The van der Waals surface area contributed by atoms with Crippen LogP contribution in [0.4, 0.5) is 11.4 Å². The minimum atomic E-state index is -3.95. The molecule has 0 aliphatic carbocycles. The van der Waals surface area contributed by atoms with E-state index < -0.39 is 20.0 Å². The Morgan fingerprint density at radius 1 is 0.939 bits per heavy atom. The molecule has 8 nitrogen and oxygen atoms in total. The average Bonchev–Trinajstić information content (AvgIpc) is 2.74. The Labute approximate surface area is 197 Å². The van der Waals surface area contributed by atoms with E-state index in [9.17, 15) is 16.8 Å². The summed E-state index contributed by atoms with van der Waals surface area (Å²) in [5.74, 6) is 0. The lowest BCUT2D eigenvalue weighted by Crippen LogP contribution is -2.40. The maximum absolute atomic E-state index is 13.4. The first-order valence-corrected chi connectivity index (χ1v) is 14.0. The summed E-state index contributed by atoms with van der Waals surface area (Å²) in [7, 11) is -7.73. The van der Waals surface area contributed by atoms with E-state index in [2.05, 4.69) is 17.0 Å². The number of hydrogen-bond acceptors (Lipinski definition) is 6. The molecule has 0 spiro atoms. The van der Waals surface area contributed by atoms with Crippen LogP contribution in [-0.4, -0.2) is 54.0 Å². The second-order valence-corrected chi connectivity index (χ2v) is 11.9. The number of hydrogen-bond donors (Lipinski definition) is 2. The number of nitrogens with zero attached hydrogens (tertiary/aromatic N) is 1. The van der Waals surface area contributed by atoms with Crippen LogP contribution in [0, 0.1) is 20.8 Å². The molecule has 33 heavy (non-hydrogen) atoms. The number of rotatable bonds is 9. The molecule has 182 valence electrons. The lowest BCUT2D eigenvalue weighted by Gasteiger charge is -2.26. The Balaban J connectivity index is 2.03. The standard InChI is InChI=1S/C23H33N3O5S2/c1-5-6-9-24-21-8-7-20(33(29,30)26-10-12-31-13-11-26)16-22(21)25-32(27,28)23-18(3)14-17(2)15-19(23)4/h7-8,14-16,24-25H,5-6,9-13H2,1-4H3. The molecular weight excluding hydrogens is 462 g/mol. The molecule has 1 fully saturated rings. The monoisotopic (exact) mass is 495 g/mol. The van der Waals surface area contributed by atoms with Gasteiger partial charge in [0.05, 0.1) is 34.4 Å². The highest BCUT2D eigenvalue weighted by Crippen LogP contribution is 2.31. The SMILES string of the molecule is CCCCNc1ccc(S(=O)(=O)N2CCOCC2)cc1NS(=O)(=O)c1c(C)cc(C)cc1C. The van der Waals surface area contributed by atoms with Crippen LogP contribution >= 0.6 is 0 Å². The third-order valence-electron chi connectivity index (χ3n) is 5.56. The zero-order valence-corrected chi connectivity index (χ0v) is 21.3. The zero-order chi connectivity index (χ0) is 24.2. The largest absolute Gasteiger partial charge is 0.383 e. The number of benzene rings is 2. The highest BCUT2D eigenvalue weighted by molar-refractivity contribution is 7.93. The van der Waals surface area contributed by atoms with E-state index in [1.54, 1.807) is 19.9 Å². The molecule has 2 aromatic rings. The average molecular weight is 496 g/mol. The number of unbranched alkanes of at least 4 members (excludes halogenated alkanes) is 1. The molecule has 3 rings (SSSR count). The number of ether oxygens (including phenoxy) is 1. The van der Waals surface area contributed by atoms with Crippen LogP contribution < -0.4 is 10.0 Å². The van der Waals surface area contributed by atoms with Crippen LogP contribution in [-0.2, 0) is 24.8 Å². The Morgan fingerprint density at radius 2 is 1.58 bits per heavy atom. The molecule has 0 radical (unpaired) electrons. The van der Waals surface area contributed by atoms with Crippen molar-refractivity contribution in [2.45, 2.75) is 50.3 Å². The van der Waals surface area contributed by atoms with Gasteiger partial charge in [0.25, 0.3) is 10.0 Å². The summed E-state index contributed by atoms with van der Waals surface area (Å²) in [5.41, 5.74) is 3.00. The van der Waals surface area contributed by atoms with Gasteiger partial charge in [0.15, 0.2) is 0 Å². The van der Waals surface area contributed by atoms with Crippen molar-refractivity contribution in [3.8, 4) is 0 Å². The van der Waals surface area contributed by atoms with Gasteiger partial charge < -0.3 is 10.1 Å². The lowest BCUT2D eigenvalue weighted by molar-refractivity contribution is 0.0730. The Kier molecular flexibility index (Phi) is 8.04. The van der Waals surface area contributed by atoms with Gasteiger partial charge in [0.2, 0.25) is 10.0 Å². The summed E-state index contributed by atoms with van der Waals surface area (Å²) in [6.07, 6.45) is 1.87. The van der Waals surface area contributed by atoms with Crippen molar-refractivity contribution in [1.82, 2.24) is 4.31 Å². The quantitative estimate of drug-likeness (QED) is 0.515. The summed E-state index contributed by atoms with van der Waals surface area (Å²) in [6, 6.07) is 8.17. The van der Waals surface area contributed by atoms with Crippen LogP contribution in [0.5, 0.6) is 0 Å². The van der Waals surface area contributed by atoms with Crippen molar-refractivity contribution in [3.63, 3.8) is 0 Å². The topological polar surface area (TPSA) is 105 Å². The number of anilines is 2. The predicted octanol–water partition coefficient (Wildman–Crippen LogP) is 3.65. The first-order chi connectivity index (χ1) is 15.6. The van der Waals surface area contributed by atoms with Gasteiger partial charge in [0.1, 0.15) is 0 Å². The van der Waals surface area contributed by atoms with Crippen LogP contribution in [0.1, 0.15) is 36.5 Å². The Morgan fingerprint density at radius 3 is 2.18 bits per heavy atom. The van der Waals surface area contributed by atoms with E-state index in [0.717, 1.165) is 18.4 Å². The van der Waals surface area contributed by atoms with Gasteiger partial charge in [-0.3, -0.25) is 4.72 Å². The first kappa shape index (κ1) is 25.5. The summed E-state index contributed by atoms with van der Waals surface area (Å²) < 4.78 is 62.4. The molecular formula is C23H33N3O5S2. The van der Waals surface area contributed by atoms with E-state index in [1.165, 1.54) is 16.4 Å². The maximum atomic E-state index is 13.4. The predicted molar refractivity (Wildman–Crippen MR) is 131 cm³/mol. The summed E-state index contributed by atoms with van der Waals surface area (Å²) in [4.78, 5) is 0.245. The molecule has 1 heterocycles. The summed E-state index contributed by atoms with van der Waals surface area (Å²) in [5, 5.41) is 3.23. The molecule has 2 aromatic carbocycles. The second-order valence-electron chi connectivity index (χ2n) is 8.34. The molecule has 0 aromatic heterocycles. The van der Waals surface area contributed by atoms with Gasteiger partial charge in [0, 0.05) is 19.6 Å². The summed E-state index contributed by atoms with van der Waals surface area (Å²) >= 11 is 0. The Hall–Kier alpha value is -2.14. The van der Waals surface area contributed by atoms with E-state index in [-0.39, 0.29) is 28.6 Å². The fourth-order valence-corrected chi connectivity index (χ4v) is 7.01. The van der Waals surface area contributed by atoms with Crippen molar-refractivity contribution >= 4 is 31.4 Å². The van der Waals surface area contributed by atoms with Gasteiger partial charge in [-0.25, -0.2) is 16.8 Å². The number of sulfonamides is 2. The van der Waals surface area contributed by atoms with Crippen molar-refractivity contribution in [3.05, 3.63) is 47.0 Å². The molecule has 1 aliphatic rings. The van der Waals surface area contributed by atoms with Crippen LogP contribution in [0.25, 0.3) is 0 Å². The molecule has 1 aliphatic heterocycles. The van der Waals surface area contributed by atoms with Gasteiger partial charge in [-0.15, -0.1) is 0 Å². The van der Waals surface area contributed by atoms with E-state index in [0.29, 0.717) is 36.6 Å². The molecule has 1 saturated heterocycles. The summed E-state index contributed by atoms with van der Waals surface area (Å²) in [6.45, 7) is 9.34. The lowest BCUT2D eigenvalue weighted by atomic mass is 10.1. The maximum Gasteiger partial charge on any atom is 0.262 e. The van der Waals surface area contributed by atoms with Gasteiger partial charge >= 0.3 is 0 Å². The smallest absolute Gasteiger partial charge is 0.262 e. The highest BCUT2D eigenvalue weighted by atomic mass is 32.2. The van der Waals surface area contributed by atoms with E-state index in [4.69, 9.17) is 4.74 Å². The number of aryl methyl sites for hydroxylation is 3. The van der Waals surface area contributed by atoms with Crippen molar-refractivity contribution in [2.24, 2.45) is 0 Å². The minimum Gasteiger partial charge on any atom is -0.383 e. The molecule has 10 heteroatoms. The molecule has 0 unspecified atom stereocenters. The normalized spacial score (nSPS) is 15.4. The van der Waals surface area contributed by atoms with E-state index in [1.807, 2.05) is 19.1 Å². The number of morpholine rings is 1. The van der Waals surface area contributed by atoms with Gasteiger partial charge in [-0.05, 0) is 56.5 Å². The van der Waals surface area contributed by atoms with E-state index >= 15 is 0 Å². The second kappa shape index (κ2) is 10.4. The molecule has 0 saturated carbocycles. The van der Waals surface area contributed by atoms with Crippen molar-refractivity contribution < 1.29 is 21.6 Å². The zero-order valence-electron chi connectivity index (χ0n) is 19.6. The molecule has 0 amide bonds. The molecule has 0 atom stereocenters. The van der Waals surface area contributed by atoms with Crippen LogP contribution in [0.15, 0.2) is 40.1 Å². The minimum absolute atomic E-state index is 0.0421. The molecule has 0 bridgehead atoms. The fraction of sp³-hybridized carbons (Fsp3) is 0.478. The van der Waals surface area contributed by atoms with Crippen LogP contribution in [0.3, 0.4) is 0 Å². The highest BCUT2D eigenvalue weighted by Gasteiger charge is 2.28.